The molecular formula is C18H23N3O2. The van der Waals surface area contributed by atoms with E-state index in [0.29, 0.717) is 6.42 Å². The maximum absolute atomic E-state index is 12.5. The van der Waals surface area contributed by atoms with Crippen LogP contribution in [-0.4, -0.2) is 23.6 Å². The van der Waals surface area contributed by atoms with Gasteiger partial charge in [-0.15, -0.1) is 0 Å². The molecule has 0 aromatic heterocycles. The van der Waals surface area contributed by atoms with Crippen molar-refractivity contribution in [3.8, 4) is 0 Å². The highest BCUT2D eigenvalue weighted by Crippen LogP contribution is 2.27. The van der Waals surface area contributed by atoms with Gasteiger partial charge in [-0.05, 0) is 30.9 Å². The van der Waals surface area contributed by atoms with Gasteiger partial charge in [0.05, 0.1) is 0 Å². The summed E-state index contributed by atoms with van der Waals surface area (Å²) in [7, 11) is 0. The Labute approximate surface area is 136 Å². The lowest BCUT2D eigenvalue weighted by Gasteiger charge is -2.21. The van der Waals surface area contributed by atoms with Crippen molar-refractivity contribution in [3.05, 3.63) is 48.7 Å². The maximum atomic E-state index is 12.5. The Bertz CT molecular complexity index is 593. The summed E-state index contributed by atoms with van der Waals surface area (Å²) >= 11 is 0. The van der Waals surface area contributed by atoms with Crippen molar-refractivity contribution in [2.75, 3.05) is 0 Å². The van der Waals surface area contributed by atoms with Crippen molar-refractivity contribution in [2.24, 2.45) is 16.6 Å². The number of nitrogens with one attached hydrogen (secondary N) is 1. The summed E-state index contributed by atoms with van der Waals surface area (Å²) in [5.41, 5.74) is 6.49. The fourth-order valence-electron chi connectivity index (χ4n) is 2.94. The zero-order chi connectivity index (χ0) is 16.7. The van der Waals surface area contributed by atoms with Gasteiger partial charge in [0.1, 0.15) is 11.7 Å². The van der Waals surface area contributed by atoms with Gasteiger partial charge in [-0.3, -0.25) is 9.59 Å². The molecule has 2 amide bonds. The van der Waals surface area contributed by atoms with Crippen LogP contribution in [0.15, 0.2) is 53.7 Å². The van der Waals surface area contributed by atoms with E-state index in [-0.39, 0.29) is 11.6 Å². The Kier molecular flexibility index (Phi) is 6.09. The predicted molar refractivity (Wildman–Crippen MR) is 91.7 cm³/mol. The van der Waals surface area contributed by atoms with E-state index in [9.17, 15) is 9.59 Å². The van der Waals surface area contributed by atoms with Crippen molar-refractivity contribution in [2.45, 2.75) is 38.1 Å². The average Bonchev–Trinajstić information content (AvgIpc) is 3.06. The minimum absolute atomic E-state index is 0.117. The first kappa shape index (κ1) is 16.9. The highest BCUT2D eigenvalue weighted by Gasteiger charge is 2.31. The summed E-state index contributed by atoms with van der Waals surface area (Å²) in [5, 5.41) is 2.75. The molecule has 1 unspecified atom stereocenters. The topological polar surface area (TPSA) is 84.6 Å². The molecular weight excluding hydrogens is 290 g/mol. The van der Waals surface area contributed by atoms with E-state index < -0.39 is 17.9 Å². The average molecular weight is 313 g/mol. The number of allylic oxidation sites excluding steroid dienone is 6. The van der Waals surface area contributed by atoms with Crippen LogP contribution in [0.4, 0.5) is 0 Å². The fraction of sp³-hybridized carbons (Fsp3) is 0.389. The van der Waals surface area contributed by atoms with Crippen LogP contribution in [0.5, 0.6) is 0 Å². The Morgan fingerprint density at radius 3 is 2.65 bits per heavy atom. The van der Waals surface area contributed by atoms with Crippen LogP contribution in [0.25, 0.3) is 0 Å². The molecule has 23 heavy (non-hydrogen) atoms. The van der Waals surface area contributed by atoms with Crippen molar-refractivity contribution in [1.82, 2.24) is 5.32 Å². The van der Waals surface area contributed by atoms with Crippen LogP contribution >= 0.6 is 0 Å². The second-order valence-electron chi connectivity index (χ2n) is 5.78. The normalized spacial score (nSPS) is 21.4. The van der Waals surface area contributed by atoms with Gasteiger partial charge < -0.3 is 11.1 Å². The number of rotatable bonds is 6. The predicted octanol–water partition coefficient (Wildman–Crippen LogP) is 2.17. The molecule has 2 aliphatic rings. The van der Waals surface area contributed by atoms with E-state index >= 15 is 0 Å². The summed E-state index contributed by atoms with van der Waals surface area (Å²) in [6.07, 6.45) is 15.3. The molecule has 1 atom stereocenters. The molecule has 0 radical (unpaired) electrons. The first-order valence-electron chi connectivity index (χ1n) is 7.95. The number of nitrogens with zero attached hydrogens (tertiary/aromatic N) is 1. The van der Waals surface area contributed by atoms with Gasteiger partial charge in [-0.1, -0.05) is 43.7 Å². The van der Waals surface area contributed by atoms with E-state index in [4.69, 9.17) is 5.73 Å². The van der Waals surface area contributed by atoms with Crippen LogP contribution in [0, 0.1) is 5.92 Å². The maximum Gasteiger partial charge on any atom is 0.270 e. The number of hydrogen-bond donors (Lipinski definition) is 2. The monoisotopic (exact) mass is 313 g/mol. The van der Waals surface area contributed by atoms with E-state index in [0.717, 1.165) is 31.4 Å². The summed E-state index contributed by atoms with van der Waals surface area (Å²) in [6.45, 7) is 3.62. The molecule has 3 N–H and O–H groups in total. The molecule has 0 heterocycles. The van der Waals surface area contributed by atoms with Crippen molar-refractivity contribution >= 4 is 17.5 Å². The van der Waals surface area contributed by atoms with E-state index in [1.165, 1.54) is 6.08 Å². The van der Waals surface area contributed by atoms with Crippen LogP contribution in [0.1, 0.15) is 32.1 Å². The third-order valence-corrected chi connectivity index (χ3v) is 4.10. The van der Waals surface area contributed by atoms with Gasteiger partial charge in [0, 0.05) is 12.1 Å². The zero-order valence-corrected chi connectivity index (χ0v) is 13.2. The lowest BCUT2D eigenvalue weighted by Crippen LogP contribution is -2.48. The Hall–Kier alpha value is -2.43. The van der Waals surface area contributed by atoms with Crippen molar-refractivity contribution in [3.63, 3.8) is 0 Å². The van der Waals surface area contributed by atoms with Gasteiger partial charge >= 0.3 is 0 Å². The third kappa shape index (κ3) is 4.77. The fourth-order valence-corrected chi connectivity index (χ4v) is 2.94. The Balaban J connectivity index is 2.12. The number of amides is 2. The minimum atomic E-state index is -0.639. The Morgan fingerprint density at radius 2 is 2.09 bits per heavy atom. The molecule has 0 aromatic rings. The van der Waals surface area contributed by atoms with Crippen molar-refractivity contribution < 1.29 is 9.59 Å². The van der Waals surface area contributed by atoms with Gasteiger partial charge in [0.15, 0.2) is 0 Å². The summed E-state index contributed by atoms with van der Waals surface area (Å²) in [4.78, 5) is 28.6. The second-order valence-corrected chi connectivity index (χ2v) is 5.78. The number of carbonyl (C=O) groups excluding carboxylic acids is 2. The molecule has 1 saturated carbocycles. The molecule has 5 nitrogen and oxygen atoms in total. The zero-order valence-electron chi connectivity index (χ0n) is 13.2. The first-order chi connectivity index (χ1) is 11.1. The second kappa shape index (κ2) is 8.27. The molecule has 0 spiro atoms. The van der Waals surface area contributed by atoms with Crippen LogP contribution < -0.4 is 11.1 Å². The van der Waals surface area contributed by atoms with Crippen LogP contribution in [0.3, 0.4) is 0 Å². The number of primary amides is 1. The standard InChI is InChI=1S/C18H23N3O2/c1-2-8-15(20-14-11-4-3-5-12-14)18(23)21-16(17(19)22)13-9-6-7-10-13/h2-5,8,11,13,16H,1,6-7,9-10,12H2,(H2,19,22)(H,21,23)/b15-8-,20-14?. The quantitative estimate of drug-likeness (QED) is 0.582. The van der Waals surface area contributed by atoms with Gasteiger partial charge in [-0.2, -0.15) is 0 Å². The molecule has 1 fully saturated rings. The molecule has 5 heteroatoms. The van der Waals surface area contributed by atoms with E-state index in [1.807, 2.05) is 24.3 Å². The molecule has 0 aliphatic heterocycles. The lowest BCUT2D eigenvalue weighted by atomic mass is 9.97. The van der Waals surface area contributed by atoms with Gasteiger partial charge in [0.2, 0.25) is 5.91 Å². The number of hydrogen-bond acceptors (Lipinski definition) is 3. The highest BCUT2D eigenvalue weighted by atomic mass is 16.2. The molecule has 0 saturated heterocycles. The number of aliphatic imine (C=N–C) groups is 1. The summed E-state index contributed by atoms with van der Waals surface area (Å²) in [5.74, 6) is -0.765. The summed E-state index contributed by atoms with van der Waals surface area (Å²) < 4.78 is 0. The van der Waals surface area contributed by atoms with Crippen LogP contribution in [-0.2, 0) is 9.59 Å². The molecule has 2 aliphatic carbocycles. The number of nitrogens with two attached hydrogens (primary N) is 1. The first-order valence-corrected chi connectivity index (χ1v) is 7.95. The molecule has 0 aromatic carbocycles. The van der Waals surface area contributed by atoms with E-state index in [2.05, 4.69) is 16.9 Å². The van der Waals surface area contributed by atoms with E-state index in [1.54, 1.807) is 6.08 Å². The molecule has 122 valence electrons. The SMILES string of the molecule is C=C/C=C(\N=C1C=CC=CC1)C(=O)NC(C(N)=O)C1CCCC1. The highest BCUT2D eigenvalue weighted by molar-refractivity contribution is 6.03. The Morgan fingerprint density at radius 1 is 1.35 bits per heavy atom. The largest absolute Gasteiger partial charge is 0.368 e. The molecule has 2 rings (SSSR count). The molecule has 0 bridgehead atoms. The lowest BCUT2D eigenvalue weighted by molar-refractivity contribution is -0.126. The number of carbonyl (C=O) groups is 2. The van der Waals surface area contributed by atoms with Gasteiger partial charge in [-0.25, -0.2) is 4.99 Å². The third-order valence-electron chi connectivity index (χ3n) is 4.10. The van der Waals surface area contributed by atoms with Gasteiger partial charge in [0.25, 0.3) is 5.91 Å². The smallest absolute Gasteiger partial charge is 0.270 e. The summed E-state index contributed by atoms with van der Waals surface area (Å²) in [6, 6.07) is -0.639. The van der Waals surface area contributed by atoms with Crippen LogP contribution in [0.2, 0.25) is 0 Å². The van der Waals surface area contributed by atoms with Crippen molar-refractivity contribution in [1.29, 1.82) is 0 Å². The minimum Gasteiger partial charge on any atom is -0.368 e.